The Balaban J connectivity index is 1.74. The summed E-state index contributed by atoms with van der Waals surface area (Å²) in [5.41, 5.74) is 1.94. The summed E-state index contributed by atoms with van der Waals surface area (Å²) in [4.78, 5) is 30.4. The van der Waals surface area contributed by atoms with Crippen molar-refractivity contribution in [3.8, 4) is 22.6 Å². The fourth-order valence-corrected chi connectivity index (χ4v) is 4.62. The number of thioether (sulfide) groups is 1. The normalized spacial score (nSPS) is 14.6. The average Bonchev–Trinajstić information content (AvgIpc) is 3.28. The molecule has 0 saturated heterocycles. The van der Waals surface area contributed by atoms with Gasteiger partial charge in [0.15, 0.2) is 5.76 Å². The zero-order chi connectivity index (χ0) is 23.1. The van der Waals surface area contributed by atoms with Crippen LogP contribution in [-0.2, 0) is 4.79 Å². The van der Waals surface area contributed by atoms with E-state index in [9.17, 15) is 14.0 Å². The Bertz CT molecular complexity index is 1410. The molecule has 1 atom stereocenters. The van der Waals surface area contributed by atoms with Gasteiger partial charge in [-0.3, -0.25) is 14.6 Å². The van der Waals surface area contributed by atoms with Crippen molar-refractivity contribution in [1.29, 1.82) is 0 Å². The molecule has 0 unspecified atom stereocenters. The highest BCUT2D eigenvalue weighted by atomic mass is 32.2. The number of halogens is 1. The first kappa shape index (κ1) is 21.1. The summed E-state index contributed by atoms with van der Waals surface area (Å²) in [6.07, 6.45) is -0.805. The fourth-order valence-electron chi connectivity index (χ4n) is 4.03. The second-order valence-corrected chi connectivity index (χ2v) is 8.73. The number of nitrogens with one attached hydrogen (secondary N) is 1. The minimum atomic E-state index is -0.805. The zero-order valence-electron chi connectivity index (χ0n) is 17.9. The first-order valence-electron chi connectivity index (χ1n) is 10.4. The SMILES string of the molecule is CCSc1n[n+]2c(c(=O)[nH]1)-c1ccccc1N(C(C)=O)[C@H]2c1ccc(-c2ccc(F)cc2)o1. The number of anilines is 1. The molecule has 4 aromatic rings. The standard InChI is InChI=1S/C24H19FN4O3S/c1-3-33-24-26-22(31)21-17-6-4-5-7-18(17)28(14(2)30)23(29(21)27-24)20-13-12-19(32-20)15-8-10-16(25)11-9-15/h4-13,23H,3H2,1-2H3/p+1/t23-/m1/s1. The molecule has 1 N–H and O–H groups in total. The molecule has 3 heterocycles. The van der Waals surface area contributed by atoms with Gasteiger partial charge < -0.3 is 4.42 Å². The summed E-state index contributed by atoms with van der Waals surface area (Å²) in [5, 5.41) is 5.12. The molecule has 0 spiro atoms. The lowest BCUT2D eigenvalue weighted by atomic mass is 10.0. The van der Waals surface area contributed by atoms with Crippen molar-refractivity contribution in [3.05, 3.63) is 82.6 Å². The predicted octanol–water partition coefficient (Wildman–Crippen LogP) is 4.15. The second kappa shape index (κ2) is 8.32. The Hall–Kier alpha value is -3.72. The maximum atomic E-state index is 13.4. The Labute approximate surface area is 192 Å². The lowest BCUT2D eigenvalue weighted by Gasteiger charge is -2.30. The maximum absolute atomic E-state index is 13.4. The van der Waals surface area contributed by atoms with Gasteiger partial charge in [-0.25, -0.2) is 9.29 Å². The summed E-state index contributed by atoms with van der Waals surface area (Å²) in [6.45, 7) is 3.43. The van der Waals surface area contributed by atoms with E-state index in [0.717, 1.165) is 5.75 Å². The lowest BCUT2D eigenvalue weighted by Crippen LogP contribution is -2.60. The molecule has 0 bridgehead atoms. The van der Waals surface area contributed by atoms with Crippen LogP contribution in [-0.4, -0.2) is 21.7 Å². The van der Waals surface area contributed by atoms with Gasteiger partial charge >= 0.3 is 17.4 Å². The van der Waals surface area contributed by atoms with Crippen molar-refractivity contribution in [2.45, 2.75) is 25.2 Å². The van der Waals surface area contributed by atoms with E-state index in [-0.39, 0.29) is 17.3 Å². The minimum Gasteiger partial charge on any atom is -0.452 e. The molecule has 33 heavy (non-hydrogen) atoms. The summed E-state index contributed by atoms with van der Waals surface area (Å²) in [5.74, 6) is 1.09. The van der Waals surface area contributed by atoms with Crippen LogP contribution in [0.15, 0.2) is 75.0 Å². The molecular weight excluding hydrogens is 443 g/mol. The van der Waals surface area contributed by atoms with Crippen molar-refractivity contribution in [2.24, 2.45) is 0 Å². The van der Waals surface area contributed by atoms with E-state index in [1.807, 2.05) is 19.1 Å². The van der Waals surface area contributed by atoms with Gasteiger partial charge in [0.2, 0.25) is 11.1 Å². The molecule has 1 amide bonds. The number of para-hydroxylation sites is 1. The number of carbonyl (C=O) groups excluding carboxylic acids is 1. The molecule has 0 fully saturated rings. The van der Waals surface area contributed by atoms with Crippen molar-refractivity contribution in [3.63, 3.8) is 0 Å². The molecule has 166 valence electrons. The summed E-state index contributed by atoms with van der Waals surface area (Å²) < 4.78 is 21.1. The van der Waals surface area contributed by atoms with E-state index in [1.54, 1.807) is 46.0 Å². The van der Waals surface area contributed by atoms with Crippen LogP contribution in [0.25, 0.3) is 22.6 Å². The number of aromatic amines is 1. The maximum Gasteiger partial charge on any atom is 0.325 e. The quantitative estimate of drug-likeness (QED) is 0.363. The molecule has 1 aliphatic heterocycles. The van der Waals surface area contributed by atoms with E-state index < -0.39 is 6.17 Å². The van der Waals surface area contributed by atoms with E-state index in [2.05, 4.69) is 10.1 Å². The summed E-state index contributed by atoms with van der Waals surface area (Å²) in [7, 11) is 0. The Morgan fingerprint density at radius 3 is 2.67 bits per heavy atom. The molecule has 0 saturated carbocycles. The van der Waals surface area contributed by atoms with E-state index >= 15 is 0 Å². The number of benzene rings is 2. The largest absolute Gasteiger partial charge is 0.452 e. The summed E-state index contributed by atoms with van der Waals surface area (Å²) in [6, 6.07) is 16.7. The smallest absolute Gasteiger partial charge is 0.325 e. The molecule has 0 aliphatic carbocycles. The van der Waals surface area contributed by atoms with E-state index in [4.69, 9.17) is 4.42 Å². The number of hydrogen-bond acceptors (Lipinski definition) is 5. The third-order valence-electron chi connectivity index (χ3n) is 5.39. The lowest BCUT2D eigenvalue weighted by molar-refractivity contribution is -0.764. The number of aromatic nitrogens is 3. The first-order chi connectivity index (χ1) is 16.0. The third kappa shape index (κ3) is 3.64. The molecule has 2 aromatic heterocycles. The monoisotopic (exact) mass is 463 g/mol. The number of carbonyl (C=O) groups is 1. The number of rotatable bonds is 4. The molecular formula is C24H20FN4O3S+. The van der Waals surface area contributed by atoms with Crippen molar-refractivity contribution in [1.82, 2.24) is 10.1 Å². The zero-order valence-corrected chi connectivity index (χ0v) is 18.7. The highest BCUT2D eigenvalue weighted by Crippen LogP contribution is 2.38. The topological polar surface area (TPSA) is 83.1 Å². The highest BCUT2D eigenvalue weighted by molar-refractivity contribution is 7.99. The minimum absolute atomic E-state index is 0.225. The van der Waals surface area contributed by atoms with Crippen molar-refractivity contribution < 1.29 is 18.3 Å². The number of amides is 1. The van der Waals surface area contributed by atoms with Gasteiger partial charge in [-0.1, -0.05) is 30.8 Å². The highest BCUT2D eigenvalue weighted by Gasteiger charge is 2.46. The Morgan fingerprint density at radius 2 is 1.94 bits per heavy atom. The molecule has 2 aromatic carbocycles. The van der Waals surface area contributed by atoms with Gasteiger partial charge in [0.25, 0.3) is 0 Å². The molecule has 9 heteroatoms. The van der Waals surface area contributed by atoms with Crippen LogP contribution in [0.5, 0.6) is 0 Å². The fraction of sp³-hybridized carbons (Fsp3) is 0.167. The van der Waals surface area contributed by atoms with Crippen LogP contribution in [0.2, 0.25) is 0 Å². The van der Waals surface area contributed by atoms with Crippen LogP contribution in [0.4, 0.5) is 10.1 Å². The number of H-pyrrole nitrogens is 1. The van der Waals surface area contributed by atoms with Crippen molar-refractivity contribution in [2.75, 3.05) is 10.7 Å². The van der Waals surface area contributed by atoms with Gasteiger partial charge in [0.1, 0.15) is 11.6 Å². The predicted molar refractivity (Wildman–Crippen MR) is 122 cm³/mol. The van der Waals surface area contributed by atoms with Crippen LogP contribution in [0.1, 0.15) is 25.8 Å². The molecule has 5 rings (SSSR count). The van der Waals surface area contributed by atoms with Gasteiger partial charge in [0, 0.05) is 17.6 Å². The van der Waals surface area contributed by atoms with Gasteiger partial charge in [-0.2, -0.15) is 0 Å². The van der Waals surface area contributed by atoms with Crippen LogP contribution in [0, 0.1) is 5.82 Å². The molecule has 0 radical (unpaired) electrons. The van der Waals surface area contributed by atoms with Crippen molar-refractivity contribution >= 4 is 23.4 Å². The first-order valence-corrected chi connectivity index (χ1v) is 11.4. The van der Waals surface area contributed by atoms with Crippen LogP contribution in [0.3, 0.4) is 0 Å². The second-order valence-electron chi connectivity index (χ2n) is 7.47. The Morgan fingerprint density at radius 1 is 1.18 bits per heavy atom. The van der Waals surface area contributed by atoms with E-state index in [0.29, 0.717) is 39.2 Å². The Kier molecular flexibility index (Phi) is 5.33. The van der Waals surface area contributed by atoms with Crippen LogP contribution < -0.4 is 15.1 Å². The molecule has 1 aliphatic rings. The number of nitrogens with zero attached hydrogens (tertiary/aromatic N) is 3. The number of furan rings is 1. The summed E-state index contributed by atoms with van der Waals surface area (Å²) >= 11 is 1.40. The van der Waals surface area contributed by atoms with Gasteiger partial charge in [-0.05, 0) is 59.0 Å². The van der Waals surface area contributed by atoms with Gasteiger partial charge in [0.05, 0.1) is 11.3 Å². The average molecular weight is 464 g/mol. The molecule has 7 nitrogen and oxygen atoms in total. The third-order valence-corrected chi connectivity index (χ3v) is 6.13. The number of hydrogen-bond donors (Lipinski definition) is 1. The number of fused-ring (bicyclic) bond motifs is 3. The van der Waals surface area contributed by atoms with Gasteiger partial charge in [-0.15, -0.1) is 0 Å². The van der Waals surface area contributed by atoms with E-state index in [1.165, 1.54) is 30.8 Å². The van der Waals surface area contributed by atoms with Crippen LogP contribution >= 0.6 is 11.8 Å².